The van der Waals surface area contributed by atoms with Crippen LogP contribution in [-0.4, -0.2) is 184 Å². The van der Waals surface area contributed by atoms with Crippen LogP contribution in [-0.2, 0) is 20.9 Å². The minimum Gasteiger partial charge on any atom is -1.00 e. The average Bonchev–Trinajstić information content (AvgIpc) is 3.68. The number of Topliss-reactive ketones (excluding diaryl/α,β-unsaturated/α-hetero) is 1. The maximum absolute atomic E-state index is 13.4. The van der Waals surface area contributed by atoms with Gasteiger partial charge in [-0.25, -0.2) is 9.59 Å². The zero-order valence-electron chi connectivity index (χ0n) is 46.0. The third-order valence-corrected chi connectivity index (χ3v) is 9.74. The van der Waals surface area contributed by atoms with Crippen LogP contribution in [0, 0.1) is 0 Å². The smallest absolute Gasteiger partial charge is 1.00 e. The van der Waals surface area contributed by atoms with Crippen molar-refractivity contribution in [2.24, 2.45) is 16.7 Å². The molecule has 2 aliphatic rings. The zero-order valence-corrected chi connectivity index (χ0v) is 50.4. The summed E-state index contributed by atoms with van der Waals surface area (Å²) in [6.45, 7) is 8.50. The Morgan fingerprint density at radius 1 is 0.552 bits per heavy atom. The number of esters is 2. The van der Waals surface area contributed by atoms with Crippen molar-refractivity contribution in [3.63, 3.8) is 0 Å². The van der Waals surface area contributed by atoms with Gasteiger partial charge >= 0.3 is 120 Å². The van der Waals surface area contributed by atoms with Gasteiger partial charge in [0.2, 0.25) is 23.4 Å². The number of hydrogen-bond donors (Lipinski definition) is 2. The number of carbonyl (C=O) groups excluding carboxylic acids is 3. The second-order valence-corrected chi connectivity index (χ2v) is 16.9. The topological polar surface area (TPSA) is 303 Å². The number of ether oxygens (including phenoxy) is 7. The molecule has 1 fully saturated rings. The largest absolute Gasteiger partial charge is 2.00 e. The minimum atomic E-state index is -6.63. The number of nitrogens with zero attached hydrogens (tertiary/aromatic N) is 8. The Labute approximate surface area is 528 Å². The van der Waals surface area contributed by atoms with Gasteiger partial charge < -0.3 is 68.8 Å². The van der Waals surface area contributed by atoms with Gasteiger partial charge in [0.15, 0.2) is 5.15 Å². The predicted molar refractivity (Wildman–Crippen MR) is 248 cm³/mol. The molecule has 0 aromatic carbocycles. The van der Waals surface area contributed by atoms with Gasteiger partial charge in [0.1, 0.15) is 16.4 Å². The van der Waals surface area contributed by atoms with Crippen LogP contribution in [0.5, 0.6) is 35.7 Å². The molecule has 0 saturated carbocycles. The minimum absolute atomic E-state index is 0. The molecule has 3 aromatic rings. The number of methoxy groups -OCH3 is 6. The molecule has 0 spiro atoms. The number of fused-ring (bicyclic) bond motifs is 1. The molecule has 0 atom stereocenters. The Balaban J connectivity index is -0.000000236. The van der Waals surface area contributed by atoms with Crippen LogP contribution in [0.25, 0.3) is 5.32 Å². The van der Waals surface area contributed by atoms with E-state index < -0.39 is 112 Å². The summed E-state index contributed by atoms with van der Waals surface area (Å²) in [6, 6.07) is 1.05. The van der Waals surface area contributed by atoms with E-state index in [9.17, 15) is 102 Å². The molecule has 0 amide bonds. The number of hydrogen-bond acceptors (Lipinski definition) is 19. The molecule has 0 aliphatic carbocycles. The van der Waals surface area contributed by atoms with Crippen molar-refractivity contribution in [3.8, 4) is 35.7 Å². The van der Waals surface area contributed by atoms with Gasteiger partial charge in [0, 0.05) is 6.07 Å². The molecule has 87 heavy (non-hydrogen) atoms. The van der Waals surface area contributed by atoms with Crippen molar-refractivity contribution in [1.82, 2.24) is 29.9 Å². The summed E-state index contributed by atoms with van der Waals surface area (Å²) in [5, 5.41) is 4.10. The maximum atomic E-state index is 13.4. The van der Waals surface area contributed by atoms with E-state index in [-0.39, 0.29) is 101 Å². The molecule has 21 nitrogen and oxygen atoms in total. The van der Waals surface area contributed by atoms with Gasteiger partial charge in [-0.05, 0) is 0 Å². The van der Waals surface area contributed by atoms with Gasteiger partial charge in [-0.15, -0.1) is 11.1 Å². The molecular weight excluding hydrogens is 1350 g/mol. The molecule has 0 bridgehead atoms. The van der Waals surface area contributed by atoms with Crippen LogP contribution >= 0.6 is 23.2 Å². The molecule has 5 rings (SSSR count). The molecule has 0 radical (unpaired) electrons. The van der Waals surface area contributed by atoms with Crippen LogP contribution in [0.15, 0.2) is 11.1 Å². The number of carbonyl (C=O) groups is 3. The normalized spacial score (nSPS) is 14.0. The van der Waals surface area contributed by atoms with Crippen molar-refractivity contribution in [3.05, 3.63) is 38.5 Å². The summed E-state index contributed by atoms with van der Waals surface area (Å²) in [6.07, 6.45) is -21.2. The first-order valence-corrected chi connectivity index (χ1v) is 21.8. The molecule has 5 heterocycles. The summed E-state index contributed by atoms with van der Waals surface area (Å²) >= 11 is 11.0. The maximum Gasteiger partial charge on any atom is 2.00 e. The molecule has 6 N–H and O–H groups in total. The van der Waals surface area contributed by atoms with Crippen LogP contribution in [0.1, 0.15) is 68.6 Å². The molecule has 492 valence electrons. The Kier molecular flexibility index (Phi) is 39.1. The standard InChI is InChI=1S/C10H8F5N3O2.C9H6ClF5N2O3.C9H18N.C6H7ClN2O2.C6F10O3.2ClH.Li.Mg.H4N2.H2O/c1-19-7-5-4(17-8(18-7)20-2)3-16-6(5)9(11,12)10(13,14)15;1-19-6-3(5(10)16-7(17-6)20-2)4(18)8(11,12)9(13,14)15;1-8(2)6-5-7-9(3,4)10-8;1-10-5-3-4(7)8-6(9-5)11-2;7-3(8,5(11,12)13)1(17)19-2(18)4(9,10)6(14,15)16;;;;;1-2;/h3H2,1-2H3;1-2H3;5-7H2,1-4H3;3H,1-2H3;;2*1H;;;1-2H2;1H2/q;;-1;;;;;+1;+2;;/p-2. The monoisotopic (exact) mass is 1390 g/mol. The fraction of sp³-hybridized carbons (Fsp3) is 0.600. The first kappa shape index (κ1) is 93.6. The fourth-order valence-corrected chi connectivity index (χ4v) is 6.09. The number of ketones is 1. The van der Waals surface area contributed by atoms with Gasteiger partial charge in [-0.3, -0.25) is 21.5 Å². The fourth-order valence-electron chi connectivity index (χ4n) is 5.69. The molecule has 3 aromatic heterocycles. The van der Waals surface area contributed by atoms with E-state index in [2.05, 4.69) is 88.5 Å². The van der Waals surface area contributed by atoms with Gasteiger partial charge in [0.25, 0.3) is 0 Å². The summed E-state index contributed by atoms with van der Waals surface area (Å²) in [7, 11) is 7.27. The van der Waals surface area contributed by atoms with Crippen molar-refractivity contribution in [1.29, 1.82) is 0 Å². The molecule has 0 unspecified atom stereocenters. The van der Waals surface area contributed by atoms with E-state index in [1.165, 1.54) is 46.7 Å². The number of aromatic nitrogens is 6. The van der Waals surface area contributed by atoms with Crippen LogP contribution < -0.4 is 83.8 Å². The average molecular weight is 1390 g/mol. The Morgan fingerprint density at radius 3 is 1.26 bits per heavy atom. The number of piperidine rings is 1. The number of nitrogens with two attached hydrogens (primary N) is 2. The van der Waals surface area contributed by atoms with E-state index in [4.69, 9.17) is 47.5 Å². The van der Waals surface area contributed by atoms with E-state index in [1.807, 2.05) is 0 Å². The number of rotatable bonds is 11. The Bertz CT molecular complexity index is 2620. The van der Waals surface area contributed by atoms with E-state index in [1.54, 1.807) is 0 Å². The third kappa shape index (κ3) is 25.4. The van der Waals surface area contributed by atoms with Gasteiger partial charge in [0.05, 0.1) is 60.5 Å². The van der Waals surface area contributed by atoms with Crippen molar-refractivity contribution in [2.45, 2.75) is 113 Å². The molecular formula is C40H45Cl4F20LiMgN10O11. The Morgan fingerprint density at radius 2 is 0.931 bits per heavy atom. The number of hydrazine groups is 1. The molecule has 2 aliphatic heterocycles. The van der Waals surface area contributed by atoms with Gasteiger partial charge in [-0.2, -0.15) is 118 Å². The van der Waals surface area contributed by atoms with Crippen LogP contribution in [0.2, 0.25) is 10.3 Å². The Hall–Kier alpha value is -4.52. The quantitative estimate of drug-likeness (QED) is 0.0369. The summed E-state index contributed by atoms with van der Waals surface area (Å²) in [5.41, 5.74) is -2.90. The van der Waals surface area contributed by atoms with Crippen LogP contribution in [0.4, 0.5) is 87.8 Å². The third-order valence-electron chi connectivity index (χ3n) is 9.27. The second-order valence-electron chi connectivity index (χ2n) is 16.2. The summed E-state index contributed by atoms with van der Waals surface area (Å²) < 4.78 is 274. The van der Waals surface area contributed by atoms with Crippen molar-refractivity contribution in [2.75, 3.05) is 42.7 Å². The SMILES string of the molecule is CC1(C)CCCC(C)(C)[N-]1.COc1cc(Cl)nc(OC)n1.COc1nc(Cl)c(C(=O)C(F)(F)C(F)(F)F)c(OC)n1.COc1nc2c(c(OC)n1)C(C(F)(F)C(F)(F)F)=NC2.NN.O.O=C(OC(=O)C(F)(F)C(F)(F)F)C(F)(F)C(F)(F)F.[Cl-].[Cl-].[Li+].[Mg+2]. The first-order valence-electron chi connectivity index (χ1n) is 21.0. The summed E-state index contributed by atoms with van der Waals surface area (Å²) in [5.74, 6) is -26.9. The van der Waals surface area contributed by atoms with E-state index in [0.29, 0.717) is 11.0 Å². The first-order chi connectivity index (χ1) is 37.0. The number of aliphatic imine (C=N–C) groups is 1. The van der Waals surface area contributed by atoms with Crippen molar-refractivity contribution >= 4 is 69.7 Å². The van der Waals surface area contributed by atoms with Gasteiger partial charge in [-0.1, -0.05) is 70.2 Å². The zero-order chi connectivity index (χ0) is 64.8. The van der Waals surface area contributed by atoms with Crippen molar-refractivity contribution < 1.29 is 185 Å². The number of halogens is 24. The summed E-state index contributed by atoms with van der Waals surface area (Å²) in [4.78, 5) is 56.2. The molecule has 1 saturated heterocycles. The second kappa shape index (κ2) is 36.4. The number of alkyl halides is 20. The van der Waals surface area contributed by atoms with Crippen LogP contribution in [0.3, 0.4) is 0 Å². The van der Waals surface area contributed by atoms with E-state index >= 15 is 0 Å². The predicted octanol–water partition coefficient (Wildman–Crippen LogP) is -0.153. The van der Waals surface area contributed by atoms with E-state index in [0.717, 1.165) is 21.3 Å². The molecule has 47 heteroatoms.